The Balaban J connectivity index is 1.84. The summed E-state index contributed by atoms with van der Waals surface area (Å²) in [6, 6.07) is 13.5. The van der Waals surface area contributed by atoms with Crippen molar-refractivity contribution in [3.8, 4) is 0 Å². The highest BCUT2D eigenvalue weighted by atomic mass is 16.2. The molecule has 1 aliphatic heterocycles. The molecule has 1 aliphatic rings. The van der Waals surface area contributed by atoms with Crippen LogP contribution in [0.3, 0.4) is 0 Å². The van der Waals surface area contributed by atoms with Crippen LogP contribution in [0.5, 0.6) is 0 Å². The first-order valence-electron chi connectivity index (χ1n) is 10.9. The maximum atomic E-state index is 13.2. The zero-order valence-corrected chi connectivity index (χ0v) is 19.3. The summed E-state index contributed by atoms with van der Waals surface area (Å²) < 4.78 is 3.56. The van der Waals surface area contributed by atoms with E-state index in [1.54, 1.807) is 10.8 Å². The van der Waals surface area contributed by atoms with Crippen LogP contribution < -0.4 is 5.32 Å². The Morgan fingerprint density at radius 2 is 1.45 bits per heavy atom. The Hall–Kier alpha value is -3.93. The molecule has 2 aromatic heterocycles. The molecule has 2 amide bonds. The lowest BCUT2D eigenvalue weighted by atomic mass is 9.95. The third-order valence-corrected chi connectivity index (χ3v) is 6.19. The van der Waals surface area contributed by atoms with Crippen molar-refractivity contribution < 1.29 is 14.4 Å². The van der Waals surface area contributed by atoms with Gasteiger partial charge in [0.05, 0.1) is 16.7 Å². The average molecular weight is 440 g/mol. The van der Waals surface area contributed by atoms with Crippen molar-refractivity contribution in [2.75, 3.05) is 0 Å². The number of nitrogens with zero attached hydrogens (tertiary/aromatic N) is 2. The van der Waals surface area contributed by atoms with Crippen LogP contribution in [0.1, 0.15) is 42.3 Å². The highest BCUT2D eigenvalue weighted by Gasteiger charge is 2.36. The molecule has 0 fully saturated rings. The first-order chi connectivity index (χ1) is 15.6. The van der Waals surface area contributed by atoms with E-state index >= 15 is 0 Å². The second-order valence-electron chi connectivity index (χ2n) is 9.69. The van der Waals surface area contributed by atoms with Gasteiger partial charge in [0.15, 0.2) is 0 Å². The minimum atomic E-state index is -0.614. The monoisotopic (exact) mass is 439 g/mol. The molecule has 0 atom stereocenters. The smallest absolute Gasteiger partial charge is 0.259 e. The second kappa shape index (κ2) is 7.04. The van der Waals surface area contributed by atoms with Gasteiger partial charge >= 0.3 is 0 Å². The van der Waals surface area contributed by atoms with E-state index in [9.17, 15) is 14.4 Å². The number of carbonyl (C=O) groups is 3. The number of hydrogen-bond acceptors (Lipinski definition) is 3. The lowest BCUT2D eigenvalue weighted by Crippen LogP contribution is -2.26. The number of amides is 2. The van der Waals surface area contributed by atoms with Gasteiger partial charge < -0.3 is 4.57 Å². The summed E-state index contributed by atoms with van der Waals surface area (Å²) in [6.45, 7) is 7.60. The van der Waals surface area contributed by atoms with Crippen LogP contribution in [-0.2, 0) is 16.6 Å². The van der Waals surface area contributed by atoms with Crippen LogP contribution in [0.15, 0.2) is 54.9 Å². The normalized spacial score (nSPS) is 14.6. The molecule has 4 aromatic rings. The number of fused-ring (bicyclic) bond motifs is 2. The summed E-state index contributed by atoms with van der Waals surface area (Å²) >= 11 is 0. The van der Waals surface area contributed by atoms with E-state index in [1.807, 2.05) is 81.9 Å². The van der Waals surface area contributed by atoms with Gasteiger partial charge in [0.1, 0.15) is 0 Å². The third-order valence-electron chi connectivity index (χ3n) is 6.19. The molecule has 5 rings (SSSR count). The molecule has 0 aliphatic carbocycles. The van der Waals surface area contributed by atoms with Crippen molar-refractivity contribution in [2.24, 2.45) is 12.5 Å². The summed E-state index contributed by atoms with van der Waals surface area (Å²) in [4.78, 5) is 39.3. The third kappa shape index (κ3) is 3.13. The maximum absolute atomic E-state index is 13.2. The molecule has 0 unspecified atom stereocenters. The summed E-state index contributed by atoms with van der Waals surface area (Å²) in [6.07, 6.45) is 3.58. The summed E-state index contributed by atoms with van der Waals surface area (Å²) in [5.41, 5.74) is 4.09. The molecule has 3 heterocycles. The Bertz CT molecular complexity index is 1540. The van der Waals surface area contributed by atoms with Crippen LogP contribution in [0, 0.1) is 12.3 Å². The Labute approximate surface area is 191 Å². The van der Waals surface area contributed by atoms with Gasteiger partial charge in [-0.3, -0.25) is 24.3 Å². The van der Waals surface area contributed by atoms with Gasteiger partial charge in [0.25, 0.3) is 11.8 Å². The van der Waals surface area contributed by atoms with Crippen LogP contribution >= 0.6 is 0 Å². The van der Waals surface area contributed by atoms with Gasteiger partial charge in [-0.25, -0.2) is 0 Å². The van der Waals surface area contributed by atoms with E-state index in [0.29, 0.717) is 27.8 Å². The summed E-state index contributed by atoms with van der Waals surface area (Å²) in [7, 11) is 1.92. The zero-order valence-electron chi connectivity index (χ0n) is 19.3. The lowest BCUT2D eigenvalue weighted by Gasteiger charge is -2.17. The van der Waals surface area contributed by atoms with Crippen molar-refractivity contribution in [1.29, 1.82) is 0 Å². The van der Waals surface area contributed by atoms with Crippen molar-refractivity contribution in [3.05, 3.63) is 71.5 Å². The molecule has 0 bridgehead atoms. The van der Waals surface area contributed by atoms with Crippen LogP contribution in [0.25, 0.3) is 33.0 Å². The van der Waals surface area contributed by atoms with Crippen molar-refractivity contribution in [2.45, 2.75) is 27.7 Å². The van der Waals surface area contributed by atoms with Crippen molar-refractivity contribution >= 4 is 50.7 Å². The molecule has 1 N–H and O–H groups in total. The van der Waals surface area contributed by atoms with Gasteiger partial charge in [-0.05, 0) is 24.6 Å². The zero-order chi connectivity index (χ0) is 23.7. The van der Waals surface area contributed by atoms with E-state index < -0.39 is 17.2 Å². The Morgan fingerprint density at radius 3 is 2.12 bits per heavy atom. The van der Waals surface area contributed by atoms with E-state index in [4.69, 9.17) is 0 Å². The number of hydrogen-bond donors (Lipinski definition) is 1. The first-order valence-corrected chi connectivity index (χ1v) is 10.9. The van der Waals surface area contributed by atoms with E-state index in [1.165, 1.54) is 0 Å². The molecule has 33 heavy (non-hydrogen) atoms. The van der Waals surface area contributed by atoms with Gasteiger partial charge in [0, 0.05) is 52.3 Å². The molecule has 6 heteroatoms. The van der Waals surface area contributed by atoms with Crippen molar-refractivity contribution in [1.82, 2.24) is 14.5 Å². The van der Waals surface area contributed by atoms with Gasteiger partial charge in [-0.15, -0.1) is 0 Å². The van der Waals surface area contributed by atoms with E-state index in [-0.39, 0.29) is 5.91 Å². The number of para-hydroxylation sites is 1. The number of imide groups is 1. The SMILES string of the molecule is Cc1ccc2c(C3=C(c4cn(C(=O)C(C)(C)C)c5ccccc45)C(=O)NC3=O)cn(C)c2c1. The average Bonchev–Trinajstić information content (AvgIpc) is 3.37. The number of aryl methyl sites for hydroxylation is 2. The lowest BCUT2D eigenvalue weighted by molar-refractivity contribution is -0.122. The van der Waals surface area contributed by atoms with Crippen LogP contribution in [0.4, 0.5) is 0 Å². The molecular formula is C27H25N3O3. The number of carbonyl (C=O) groups excluding carboxylic acids is 3. The fourth-order valence-electron chi connectivity index (χ4n) is 4.57. The number of aromatic nitrogens is 2. The van der Waals surface area contributed by atoms with Crippen LogP contribution in [-0.4, -0.2) is 26.9 Å². The maximum Gasteiger partial charge on any atom is 0.259 e. The largest absolute Gasteiger partial charge is 0.350 e. The number of benzene rings is 2. The second-order valence-corrected chi connectivity index (χ2v) is 9.69. The Morgan fingerprint density at radius 1 is 0.848 bits per heavy atom. The van der Waals surface area contributed by atoms with Gasteiger partial charge in [0.2, 0.25) is 5.91 Å². The Kier molecular flexibility index (Phi) is 4.47. The number of nitrogens with one attached hydrogen (secondary N) is 1. The molecule has 0 saturated carbocycles. The quantitative estimate of drug-likeness (QED) is 0.461. The molecule has 2 aromatic carbocycles. The highest BCUT2D eigenvalue weighted by Crippen LogP contribution is 2.39. The van der Waals surface area contributed by atoms with Crippen LogP contribution in [0.2, 0.25) is 0 Å². The highest BCUT2D eigenvalue weighted by molar-refractivity contribution is 6.50. The molecule has 0 saturated heterocycles. The molecule has 0 spiro atoms. The summed E-state index contributed by atoms with van der Waals surface area (Å²) in [5.74, 6) is -0.968. The fourth-order valence-corrected chi connectivity index (χ4v) is 4.57. The minimum Gasteiger partial charge on any atom is -0.350 e. The van der Waals surface area contributed by atoms with Gasteiger partial charge in [-0.1, -0.05) is 51.1 Å². The molecular weight excluding hydrogens is 414 g/mol. The molecule has 166 valence electrons. The van der Waals surface area contributed by atoms with E-state index in [0.717, 1.165) is 21.9 Å². The predicted octanol–water partition coefficient (Wildman–Crippen LogP) is 4.69. The summed E-state index contributed by atoms with van der Waals surface area (Å²) in [5, 5.41) is 4.13. The van der Waals surface area contributed by atoms with Gasteiger partial charge in [-0.2, -0.15) is 0 Å². The van der Waals surface area contributed by atoms with Crippen molar-refractivity contribution in [3.63, 3.8) is 0 Å². The standard InChI is InChI=1S/C27H25N3O3/c1-15-10-11-17-18(13-29(5)21(17)12-15)22-23(25(32)28-24(22)31)19-14-30(26(33)27(2,3)4)20-9-7-6-8-16(19)20/h6-14H,1-5H3,(H,28,31,32). The fraction of sp³-hybridized carbons (Fsp3) is 0.222. The number of rotatable bonds is 2. The molecule has 6 nitrogen and oxygen atoms in total. The minimum absolute atomic E-state index is 0.0857. The topological polar surface area (TPSA) is 73.1 Å². The van der Waals surface area contributed by atoms with E-state index in [2.05, 4.69) is 11.4 Å². The predicted molar refractivity (Wildman–Crippen MR) is 130 cm³/mol. The first kappa shape index (κ1) is 20.9. The molecule has 0 radical (unpaired) electrons.